The van der Waals surface area contributed by atoms with Crippen LogP contribution in [0.2, 0.25) is 0 Å². The minimum absolute atomic E-state index is 0.0320. The Balaban J connectivity index is 0. The van der Waals surface area contributed by atoms with Gasteiger partial charge < -0.3 is 9.47 Å². The van der Waals surface area contributed by atoms with Crippen molar-refractivity contribution in [2.45, 2.75) is 85.6 Å². The smallest absolute Gasteiger partial charge is 0.182 e. The maximum absolute atomic E-state index is 11.9. The second kappa shape index (κ2) is 29.0. The summed E-state index contributed by atoms with van der Waals surface area (Å²) in [7, 11) is 1.69. The Kier molecular flexibility index (Phi) is 28.8. The Bertz CT molecular complexity index is 893. The fraction of sp³-hybridized carbons (Fsp3) is 0.588. The van der Waals surface area contributed by atoms with Gasteiger partial charge in [0.1, 0.15) is 11.5 Å². The van der Waals surface area contributed by atoms with Crippen molar-refractivity contribution in [3.05, 3.63) is 65.4 Å². The van der Waals surface area contributed by atoms with E-state index in [2.05, 4.69) is 47.3 Å². The molecule has 0 aromatic carbocycles. The van der Waals surface area contributed by atoms with E-state index in [1.54, 1.807) is 24.5 Å². The molecule has 1 aliphatic heterocycles. The molecule has 0 spiro atoms. The van der Waals surface area contributed by atoms with Crippen LogP contribution in [0.5, 0.6) is 0 Å². The number of rotatable bonds is 15. The summed E-state index contributed by atoms with van der Waals surface area (Å²) in [5, 5.41) is 6.15. The Morgan fingerprint density at radius 3 is 2.44 bits per heavy atom. The first-order valence-corrected chi connectivity index (χ1v) is 15.9. The molecule has 1 saturated heterocycles. The van der Waals surface area contributed by atoms with Crippen LogP contribution < -0.4 is 5.32 Å². The highest BCUT2D eigenvalue weighted by molar-refractivity contribution is 7.09. The Labute approximate surface area is 256 Å². The van der Waals surface area contributed by atoms with Crippen molar-refractivity contribution in [1.29, 1.82) is 0 Å². The van der Waals surface area contributed by atoms with Gasteiger partial charge in [0, 0.05) is 37.4 Å². The lowest BCUT2D eigenvalue weighted by molar-refractivity contribution is 0.0977. The summed E-state index contributed by atoms with van der Waals surface area (Å²) in [5.74, 6) is 4.13. The molecule has 0 amide bonds. The number of terminal acetylenes is 1. The first-order chi connectivity index (χ1) is 19.9. The molecule has 6 nitrogen and oxygen atoms in total. The van der Waals surface area contributed by atoms with Crippen molar-refractivity contribution in [2.24, 2.45) is 0 Å². The number of likely N-dealkylation sites (tertiary alicyclic amines) is 1. The van der Waals surface area contributed by atoms with Crippen molar-refractivity contribution < 1.29 is 14.3 Å². The molecule has 1 atom stereocenters. The van der Waals surface area contributed by atoms with Crippen molar-refractivity contribution in [2.75, 3.05) is 46.5 Å². The SMILES string of the molecule is C#CC(C=C)NCCOCC.C/C=C(/C=C\CN1CCC(c2nc(C(=O)CCC)cs2)CC1)OC.C=CCC.CC. The predicted molar refractivity (Wildman–Crippen MR) is 179 cm³/mol. The summed E-state index contributed by atoms with van der Waals surface area (Å²) in [6, 6.07) is -0.0320. The third kappa shape index (κ3) is 20.1. The largest absolute Gasteiger partial charge is 0.497 e. The Morgan fingerprint density at radius 1 is 1.29 bits per heavy atom. The number of hydrogen-bond acceptors (Lipinski definition) is 7. The number of carbonyl (C=O) groups excluding carboxylic acids is 1. The Hall–Kier alpha value is -2.50. The third-order valence-electron chi connectivity index (χ3n) is 5.91. The molecular formula is C34H57N3O3S. The van der Waals surface area contributed by atoms with Gasteiger partial charge in [-0.1, -0.05) is 51.8 Å². The summed E-state index contributed by atoms with van der Waals surface area (Å²) < 4.78 is 10.3. The lowest BCUT2D eigenvalue weighted by atomic mass is 9.97. The summed E-state index contributed by atoms with van der Waals surface area (Å²) in [5.41, 5.74) is 0.667. The van der Waals surface area contributed by atoms with E-state index in [4.69, 9.17) is 15.9 Å². The van der Waals surface area contributed by atoms with Gasteiger partial charge in [-0.2, -0.15) is 0 Å². The molecule has 0 saturated carbocycles. The van der Waals surface area contributed by atoms with Gasteiger partial charge in [-0.05, 0) is 64.8 Å². The number of thiazole rings is 1. The summed E-state index contributed by atoms with van der Waals surface area (Å²) in [6.45, 7) is 24.4. The minimum Gasteiger partial charge on any atom is -0.497 e. The molecular weight excluding hydrogens is 530 g/mol. The van der Waals surface area contributed by atoms with Crippen LogP contribution in [0, 0.1) is 12.3 Å². The first-order valence-electron chi connectivity index (χ1n) is 15.0. The van der Waals surface area contributed by atoms with E-state index in [0.717, 1.165) is 69.2 Å². The van der Waals surface area contributed by atoms with Crippen LogP contribution in [-0.4, -0.2) is 68.2 Å². The highest BCUT2D eigenvalue weighted by Crippen LogP contribution is 2.30. The van der Waals surface area contributed by atoms with Gasteiger partial charge in [0.15, 0.2) is 5.78 Å². The summed E-state index contributed by atoms with van der Waals surface area (Å²) >= 11 is 1.65. The number of aromatic nitrogens is 1. The van der Waals surface area contributed by atoms with Crippen molar-refractivity contribution in [3.8, 4) is 12.3 Å². The monoisotopic (exact) mass is 587 g/mol. The molecule has 1 N–H and O–H groups in total. The zero-order valence-corrected chi connectivity index (χ0v) is 27.7. The summed E-state index contributed by atoms with van der Waals surface area (Å²) in [6.07, 6.45) is 19.7. The number of carbonyl (C=O) groups is 1. The number of Topliss-reactive ketones (excluding diaryl/α,β-unsaturated/α-hetero) is 1. The average molecular weight is 588 g/mol. The number of methoxy groups -OCH3 is 1. The van der Waals surface area contributed by atoms with Crippen LogP contribution >= 0.6 is 11.3 Å². The Morgan fingerprint density at radius 2 is 1.95 bits per heavy atom. The number of hydrogen-bond donors (Lipinski definition) is 1. The van der Waals surface area contributed by atoms with Crippen LogP contribution in [0.25, 0.3) is 0 Å². The average Bonchev–Trinajstić information content (AvgIpc) is 3.52. The molecule has 1 aliphatic rings. The van der Waals surface area contributed by atoms with Gasteiger partial charge in [0.05, 0.1) is 24.8 Å². The fourth-order valence-corrected chi connectivity index (χ4v) is 4.56. The molecule has 0 radical (unpaired) electrons. The molecule has 7 heteroatoms. The van der Waals surface area contributed by atoms with Crippen LogP contribution in [0.1, 0.15) is 95.1 Å². The summed E-state index contributed by atoms with van der Waals surface area (Å²) in [4.78, 5) is 19.0. The number of nitrogens with one attached hydrogen (secondary N) is 1. The first kappa shape index (κ1) is 40.6. The molecule has 1 aromatic heterocycles. The van der Waals surface area contributed by atoms with E-state index in [9.17, 15) is 4.79 Å². The van der Waals surface area contributed by atoms with Gasteiger partial charge in [-0.25, -0.2) is 4.98 Å². The maximum Gasteiger partial charge on any atom is 0.182 e. The minimum atomic E-state index is -0.0320. The quantitative estimate of drug-likeness (QED) is 0.0564. The van der Waals surface area contributed by atoms with Crippen molar-refractivity contribution in [3.63, 3.8) is 0 Å². The van der Waals surface area contributed by atoms with Gasteiger partial charge >= 0.3 is 0 Å². The molecule has 2 rings (SSSR count). The normalized spacial score (nSPS) is 14.2. The second-order valence-electron chi connectivity index (χ2n) is 8.84. The van der Waals surface area contributed by atoms with Gasteiger partial charge in [-0.15, -0.1) is 30.9 Å². The molecule has 1 aromatic rings. The highest BCUT2D eigenvalue weighted by Gasteiger charge is 2.23. The van der Waals surface area contributed by atoms with E-state index >= 15 is 0 Å². The zero-order valence-electron chi connectivity index (χ0n) is 26.9. The molecule has 1 unspecified atom stereocenters. The van der Waals surface area contributed by atoms with E-state index in [-0.39, 0.29) is 11.8 Å². The van der Waals surface area contributed by atoms with E-state index in [1.165, 1.54) is 0 Å². The number of piperidine rings is 1. The molecule has 41 heavy (non-hydrogen) atoms. The van der Waals surface area contributed by atoms with E-state index < -0.39 is 0 Å². The maximum atomic E-state index is 11.9. The number of nitrogens with zero attached hydrogens (tertiary/aromatic N) is 2. The van der Waals surface area contributed by atoms with Crippen LogP contribution in [0.15, 0.2) is 54.7 Å². The van der Waals surface area contributed by atoms with Crippen LogP contribution in [0.3, 0.4) is 0 Å². The molecule has 0 bridgehead atoms. The number of allylic oxidation sites excluding steroid dienone is 3. The third-order valence-corrected chi connectivity index (χ3v) is 6.91. The standard InChI is InChI=1S/C19H28N2O2S.C9H15NO.C4H8.C2H6/c1-4-7-18(22)17-14-24-19(20-17)15-9-12-21(13-10-15)11-6-8-16(5-2)23-3;1-4-9(5-2)10-7-8-11-6-3;1-3-4-2;1-2/h5-6,8,14-15H,4,7,9-13H2,1-3H3;1,5,9-10H,2,6-8H2,3H3;3H,1,4H2,2H3;1-2H3/b8-6-,16-5-;;;. The topological polar surface area (TPSA) is 63.7 Å². The lowest BCUT2D eigenvalue weighted by Gasteiger charge is -2.30. The second-order valence-corrected chi connectivity index (χ2v) is 9.73. The fourth-order valence-electron chi connectivity index (χ4n) is 3.56. The van der Waals surface area contributed by atoms with E-state index in [0.29, 0.717) is 24.6 Å². The zero-order chi connectivity index (χ0) is 31.3. The lowest BCUT2D eigenvalue weighted by Crippen LogP contribution is -2.33. The van der Waals surface area contributed by atoms with Gasteiger partial charge in [0.25, 0.3) is 0 Å². The molecule has 2 heterocycles. The molecule has 232 valence electrons. The number of ether oxygens (including phenoxy) is 2. The molecule has 1 fully saturated rings. The predicted octanol–water partition coefficient (Wildman–Crippen LogP) is 7.82. The number of ketones is 1. The van der Waals surface area contributed by atoms with Crippen molar-refractivity contribution in [1.82, 2.24) is 15.2 Å². The van der Waals surface area contributed by atoms with Gasteiger partial charge in [0.2, 0.25) is 0 Å². The van der Waals surface area contributed by atoms with Crippen LogP contribution in [-0.2, 0) is 9.47 Å². The van der Waals surface area contributed by atoms with E-state index in [1.807, 2.05) is 58.2 Å². The molecule has 0 aliphatic carbocycles. The highest BCUT2D eigenvalue weighted by atomic mass is 32.1. The van der Waals surface area contributed by atoms with Crippen LogP contribution in [0.4, 0.5) is 0 Å². The van der Waals surface area contributed by atoms with Crippen molar-refractivity contribution >= 4 is 17.1 Å². The van der Waals surface area contributed by atoms with Gasteiger partial charge in [-0.3, -0.25) is 15.0 Å².